The van der Waals surface area contributed by atoms with Gasteiger partial charge in [0.25, 0.3) is 0 Å². The van der Waals surface area contributed by atoms with Crippen LogP contribution in [0.4, 0.5) is 0 Å². The summed E-state index contributed by atoms with van der Waals surface area (Å²) in [6, 6.07) is 14.4. The molecule has 5 aromatic heterocycles. The van der Waals surface area contributed by atoms with Gasteiger partial charge in [0.15, 0.2) is 0 Å². The normalized spacial score (nSPS) is 11.3. The maximum atomic E-state index is 4.56. The van der Waals surface area contributed by atoms with Gasteiger partial charge in [0.1, 0.15) is 12.0 Å². The summed E-state index contributed by atoms with van der Waals surface area (Å²) >= 11 is 0. The lowest BCUT2D eigenvalue weighted by molar-refractivity contribution is 1.11. The van der Waals surface area contributed by atoms with Crippen molar-refractivity contribution in [2.24, 2.45) is 0 Å². The van der Waals surface area contributed by atoms with Gasteiger partial charge in [0.2, 0.25) is 0 Å². The molecule has 0 atom stereocenters. The molecule has 0 saturated carbocycles. The molecule has 142 valence electrons. The molecule has 0 amide bonds. The Morgan fingerprint density at radius 2 is 1.63 bits per heavy atom. The molecule has 30 heavy (non-hydrogen) atoms. The van der Waals surface area contributed by atoms with Gasteiger partial charge >= 0.3 is 0 Å². The standard InChI is InChI=1S/C23H15N7/c1-4-16(14-3-2-6-24-9-14)17-7-21(28-19(17)5-1)23-18-8-20(15-10-25-13-26-11-15)27-12-22(18)29-30-23/h1-13,28H,(H,29,30). The van der Waals surface area contributed by atoms with Crippen LogP contribution in [0.5, 0.6) is 0 Å². The van der Waals surface area contributed by atoms with Gasteiger partial charge in [-0.1, -0.05) is 18.2 Å². The predicted octanol–water partition coefficient (Wildman–Crippen LogP) is 4.63. The van der Waals surface area contributed by atoms with Crippen molar-refractivity contribution in [2.45, 2.75) is 0 Å². The number of nitrogens with zero attached hydrogens (tertiary/aromatic N) is 5. The molecular formula is C23H15N7. The average Bonchev–Trinajstić information content (AvgIpc) is 3.43. The monoisotopic (exact) mass is 389 g/mol. The van der Waals surface area contributed by atoms with Gasteiger partial charge in [-0.2, -0.15) is 5.10 Å². The fourth-order valence-electron chi connectivity index (χ4n) is 3.77. The summed E-state index contributed by atoms with van der Waals surface area (Å²) < 4.78 is 0. The molecular weight excluding hydrogens is 374 g/mol. The Bertz CT molecular complexity index is 1480. The van der Waals surface area contributed by atoms with Gasteiger partial charge in [-0.05, 0) is 29.8 Å². The van der Waals surface area contributed by atoms with E-state index in [4.69, 9.17) is 0 Å². The van der Waals surface area contributed by atoms with E-state index >= 15 is 0 Å². The van der Waals surface area contributed by atoms with Crippen molar-refractivity contribution in [3.63, 3.8) is 0 Å². The van der Waals surface area contributed by atoms with Crippen molar-refractivity contribution in [3.8, 4) is 33.8 Å². The number of rotatable bonds is 3. The zero-order chi connectivity index (χ0) is 19.9. The summed E-state index contributed by atoms with van der Waals surface area (Å²) in [5.41, 5.74) is 7.58. The Morgan fingerprint density at radius 1 is 0.733 bits per heavy atom. The number of pyridine rings is 2. The maximum absolute atomic E-state index is 4.56. The predicted molar refractivity (Wildman–Crippen MR) is 115 cm³/mol. The number of hydrogen-bond acceptors (Lipinski definition) is 5. The van der Waals surface area contributed by atoms with Gasteiger partial charge in [0.05, 0.1) is 23.1 Å². The van der Waals surface area contributed by atoms with Crippen LogP contribution >= 0.6 is 0 Å². The van der Waals surface area contributed by atoms with Crippen molar-refractivity contribution in [3.05, 3.63) is 79.8 Å². The van der Waals surface area contributed by atoms with Crippen molar-refractivity contribution in [1.29, 1.82) is 0 Å². The zero-order valence-corrected chi connectivity index (χ0v) is 15.7. The van der Waals surface area contributed by atoms with Gasteiger partial charge in [-0.3, -0.25) is 15.1 Å². The number of aromatic nitrogens is 7. The zero-order valence-electron chi connectivity index (χ0n) is 15.7. The van der Waals surface area contributed by atoms with E-state index in [1.165, 1.54) is 6.33 Å². The second kappa shape index (κ2) is 6.59. The molecule has 2 N–H and O–H groups in total. The van der Waals surface area contributed by atoms with Crippen LogP contribution in [0, 0.1) is 0 Å². The maximum Gasteiger partial charge on any atom is 0.116 e. The Labute approximate surface area is 170 Å². The minimum absolute atomic E-state index is 0.804. The second-order valence-electron chi connectivity index (χ2n) is 7.01. The van der Waals surface area contributed by atoms with Crippen LogP contribution in [0.2, 0.25) is 0 Å². The van der Waals surface area contributed by atoms with E-state index in [9.17, 15) is 0 Å². The highest BCUT2D eigenvalue weighted by Crippen LogP contribution is 2.34. The molecule has 7 heteroatoms. The minimum atomic E-state index is 0.804. The third-order valence-electron chi connectivity index (χ3n) is 5.20. The van der Waals surface area contributed by atoms with Crippen molar-refractivity contribution < 1.29 is 0 Å². The highest BCUT2D eigenvalue weighted by molar-refractivity contribution is 6.01. The third kappa shape index (κ3) is 2.64. The quantitative estimate of drug-likeness (QED) is 0.460. The first kappa shape index (κ1) is 16.6. The molecule has 1 aromatic carbocycles. The number of hydrogen-bond donors (Lipinski definition) is 2. The summed E-state index contributed by atoms with van der Waals surface area (Å²) in [5, 5.41) is 9.75. The largest absolute Gasteiger partial charge is 0.353 e. The highest BCUT2D eigenvalue weighted by Gasteiger charge is 2.14. The molecule has 0 bridgehead atoms. The molecule has 0 saturated heterocycles. The first-order chi connectivity index (χ1) is 14.9. The molecule has 6 aromatic rings. The van der Waals surface area contributed by atoms with E-state index in [0.29, 0.717) is 0 Å². The lowest BCUT2D eigenvalue weighted by Gasteiger charge is -2.02. The number of aromatic amines is 2. The number of fused-ring (bicyclic) bond motifs is 2. The first-order valence-corrected chi connectivity index (χ1v) is 9.49. The van der Waals surface area contributed by atoms with Crippen LogP contribution in [0.1, 0.15) is 0 Å². The van der Waals surface area contributed by atoms with Crippen LogP contribution in [0.3, 0.4) is 0 Å². The Morgan fingerprint density at radius 3 is 2.50 bits per heavy atom. The molecule has 0 aliphatic heterocycles. The summed E-state index contributed by atoms with van der Waals surface area (Å²) in [7, 11) is 0. The van der Waals surface area contributed by atoms with Gasteiger partial charge in [0, 0.05) is 52.2 Å². The van der Waals surface area contributed by atoms with E-state index in [-0.39, 0.29) is 0 Å². The topological polar surface area (TPSA) is 96.0 Å². The molecule has 5 heterocycles. The summed E-state index contributed by atoms with van der Waals surface area (Å²) in [6.45, 7) is 0. The van der Waals surface area contributed by atoms with Crippen molar-refractivity contribution in [2.75, 3.05) is 0 Å². The van der Waals surface area contributed by atoms with Gasteiger partial charge < -0.3 is 4.98 Å². The first-order valence-electron chi connectivity index (χ1n) is 9.49. The van der Waals surface area contributed by atoms with Gasteiger partial charge in [-0.25, -0.2) is 9.97 Å². The van der Waals surface area contributed by atoms with E-state index in [2.05, 4.69) is 59.4 Å². The van der Waals surface area contributed by atoms with Gasteiger partial charge in [-0.15, -0.1) is 0 Å². The minimum Gasteiger partial charge on any atom is -0.353 e. The molecule has 7 nitrogen and oxygen atoms in total. The Hall–Kier alpha value is -4.39. The summed E-state index contributed by atoms with van der Waals surface area (Å²) in [4.78, 5) is 20.5. The lowest BCUT2D eigenvalue weighted by Crippen LogP contribution is -1.86. The molecule has 0 aliphatic carbocycles. The average molecular weight is 389 g/mol. The second-order valence-corrected chi connectivity index (χ2v) is 7.01. The third-order valence-corrected chi connectivity index (χ3v) is 5.20. The highest BCUT2D eigenvalue weighted by atomic mass is 15.1. The number of H-pyrrole nitrogens is 2. The fourth-order valence-corrected chi connectivity index (χ4v) is 3.77. The van der Waals surface area contributed by atoms with Crippen molar-refractivity contribution >= 4 is 21.8 Å². The summed E-state index contributed by atoms with van der Waals surface area (Å²) in [6.07, 6.45) is 10.5. The van der Waals surface area contributed by atoms with E-state index in [1.807, 2.05) is 24.4 Å². The number of nitrogens with one attached hydrogen (secondary N) is 2. The van der Waals surface area contributed by atoms with Crippen molar-refractivity contribution in [1.82, 2.24) is 35.1 Å². The van der Waals surface area contributed by atoms with Crippen LogP contribution in [0.15, 0.2) is 79.8 Å². The van der Waals surface area contributed by atoms with Crippen LogP contribution in [0.25, 0.3) is 55.6 Å². The molecule has 0 fully saturated rings. The molecule has 0 radical (unpaired) electrons. The Kier molecular flexibility index (Phi) is 3.64. The molecule has 0 unspecified atom stereocenters. The van der Waals surface area contributed by atoms with Crippen LogP contribution < -0.4 is 0 Å². The van der Waals surface area contributed by atoms with Crippen LogP contribution in [-0.4, -0.2) is 35.1 Å². The van der Waals surface area contributed by atoms with E-state index in [1.54, 1.807) is 24.8 Å². The molecule has 0 aliphatic rings. The Balaban J connectivity index is 1.52. The van der Waals surface area contributed by atoms with E-state index in [0.717, 1.165) is 55.6 Å². The summed E-state index contributed by atoms with van der Waals surface area (Å²) in [5.74, 6) is 0. The number of benzene rings is 1. The molecule has 0 spiro atoms. The smallest absolute Gasteiger partial charge is 0.116 e. The molecule has 6 rings (SSSR count). The van der Waals surface area contributed by atoms with Crippen LogP contribution in [-0.2, 0) is 0 Å². The van der Waals surface area contributed by atoms with E-state index < -0.39 is 0 Å². The lowest BCUT2D eigenvalue weighted by atomic mass is 10.0. The SMILES string of the molecule is c1cncc(-c2cccc3[nH]c(-c4n[nH]c5cnc(-c6cncnc6)cc45)cc23)c1. The fraction of sp³-hybridized carbons (Fsp3) is 0.